The third-order valence-corrected chi connectivity index (χ3v) is 4.96. The highest BCUT2D eigenvalue weighted by Crippen LogP contribution is 2.27. The topological polar surface area (TPSA) is 84.9 Å². The molecule has 1 saturated heterocycles. The number of aromatic nitrogens is 2. The first-order chi connectivity index (χ1) is 14.4. The molecule has 8 heteroatoms. The fourth-order valence-electron chi connectivity index (χ4n) is 3.27. The highest BCUT2D eigenvalue weighted by atomic mass is 16.6. The van der Waals surface area contributed by atoms with Crippen molar-refractivity contribution in [3.8, 4) is 5.75 Å². The molecule has 8 nitrogen and oxygen atoms in total. The molecule has 0 aliphatic carbocycles. The van der Waals surface area contributed by atoms with Crippen LogP contribution in [0.4, 0.5) is 5.95 Å². The molecule has 0 spiro atoms. The van der Waals surface area contributed by atoms with Gasteiger partial charge in [0.1, 0.15) is 5.75 Å². The maximum atomic E-state index is 12.4. The molecule has 1 aromatic carbocycles. The Balaban J connectivity index is 1.42. The summed E-state index contributed by atoms with van der Waals surface area (Å²) in [7, 11) is 0. The Morgan fingerprint density at radius 1 is 1.07 bits per heavy atom. The molecule has 1 amide bonds. The van der Waals surface area contributed by atoms with E-state index in [0.29, 0.717) is 37.9 Å². The lowest BCUT2D eigenvalue weighted by atomic mass is 10.0. The van der Waals surface area contributed by atoms with Gasteiger partial charge in [0.15, 0.2) is 13.2 Å². The SMILES string of the molecule is Cc1ccc(C(C)C)c(OCC(=O)OCC(=O)N2CCN(c3ncccn3)CC2)c1. The van der Waals surface area contributed by atoms with E-state index in [-0.39, 0.29) is 25.0 Å². The number of aryl methyl sites for hydroxylation is 1. The van der Waals surface area contributed by atoms with Crippen LogP contribution in [0.2, 0.25) is 0 Å². The number of carbonyl (C=O) groups excluding carboxylic acids is 2. The molecule has 0 unspecified atom stereocenters. The van der Waals surface area contributed by atoms with Crippen LogP contribution in [-0.4, -0.2) is 66.1 Å². The Labute approximate surface area is 176 Å². The van der Waals surface area contributed by atoms with Crippen LogP contribution in [0.5, 0.6) is 5.75 Å². The summed E-state index contributed by atoms with van der Waals surface area (Å²) in [5.41, 5.74) is 2.09. The maximum Gasteiger partial charge on any atom is 0.344 e. The molecule has 1 aliphatic heterocycles. The van der Waals surface area contributed by atoms with Crippen molar-refractivity contribution in [1.29, 1.82) is 0 Å². The van der Waals surface area contributed by atoms with Crippen molar-refractivity contribution in [3.63, 3.8) is 0 Å². The molecule has 0 bridgehead atoms. The zero-order valence-corrected chi connectivity index (χ0v) is 17.7. The molecule has 1 aliphatic rings. The monoisotopic (exact) mass is 412 g/mol. The Morgan fingerprint density at radius 2 is 1.77 bits per heavy atom. The molecular weight excluding hydrogens is 384 g/mol. The number of ether oxygens (including phenoxy) is 2. The summed E-state index contributed by atoms with van der Waals surface area (Å²) in [5.74, 6) is 0.835. The summed E-state index contributed by atoms with van der Waals surface area (Å²) < 4.78 is 10.8. The third kappa shape index (κ3) is 5.68. The first kappa shape index (κ1) is 21.5. The smallest absolute Gasteiger partial charge is 0.344 e. The van der Waals surface area contributed by atoms with Crippen LogP contribution in [-0.2, 0) is 14.3 Å². The number of rotatable bonds is 7. The molecule has 3 rings (SSSR count). The number of esters is 1. The number of piperazine rings is 1. The van der Waals surface area contributed by atoms with Gasteiger partial charge >= 0.3 is 5.97 Å². The minimum Gasteiger partial charge on any atom is -0.482 e. The minimum absolute atomic E-state index is 0.213. The van der Waals surface area contributed by atoms with Crippen molar-refractivity contribution in [2.45, 2.75) is 26.7 Å². The number of nitrogens with zero attached hydrogens (tertiary/aromatic N) is 4. The third-order valence-electron chi connectivity index (χ3n) is 4.96. The largest absolute Gasteiger partial charge is 0.482 e. The molecule has 30 heavy (non-hydrogen) atoms. The van der Waals surface area contributed by atoms with Crippen molar-refractivity contribution in [1.82, 2.24) is 14.9 Å². The molecular formula is C22H28N4O4. The predicted molar refractivity (Wildman–Crippen MR) is 113 cm³/mol. The minimum atomic E-state index is -0.559. The fraction of sp³-hybridized carbons (Fsp3) is 0.455. The van der Waals surface area contributed by atoms with Gasteiger partial charge in [-0.3, -0.25) is 4.79 Å². The van der Waals surface area contributed by atoms with Crippen molar-refractivity contribution in [2.75, 3.05) is 44.3 Å². The lowest BCUT2D eigenvalue weighted by Crippen LogP contribution is -2.50. The van der Waals surface area contributed by atoms with Crippen LogP contribution in [0.1, 0.15) is 30.9 Å². The number of amides is 1. The van der Waals surface area contributed by atoms with E-state index in [4.69, 9.17) is 9.47 Å². The summed E-state index contributed by atoms with van der Waals surface area (Å²) in [6, 6.07) is 7.70. The van der Waals surface area contributed by atoms with Crippen molar-refractivity contribution in [3.05, 3.63) is 47.8 Å². The van der Waals surface area contributed by atoms with Gasteiger partial charge in [0.2, 0.25) is 5.95 Å². The van der Waals surface area contributed by atoms with Gasteiger partial charge in [-0.25, -0.2) is 14.8 Å². The van der Waals surface area contributed by atoms with Crippen LogP contribution in [0.25, 0.3) is 0 Å². The molecule has 0 radical (unpaired) electrons. The number of hydrogen-bond acceptors (Lipinski definition) is 7. The average molecular weight is 412 g/mol. The lowest BCUT2D eigenvalue weighted by Gasteiger charge is -2.34. The standard InChI is InChI=1S/C22H28N4O4/c1-16(2)18-6-5-17(3)13-19(18)29-15-21(28)30-14-20(27)25-9-11-26(12-10-25)22-23-7-4-8-24-22/h4-8,13,16H,9-12,14-15H2,1-3H3. The van der Waals surface area contributed by atoms with E-state index in [1.165, 1.54) is 0 Å². The van der Waals surface area contributed by atoms with Gasteiger partial charge in [0.05, 0.1) is 0 Å². The van der Waals surface area contributed by atoms with Gasteiger partial charge in [-0.2, -0.15) is 0 Å². The Morgan fingerprint density at radius 3 is 2.43 bits per heavy atom. The van der Waals surface area contributed by atoms with Gasteiger partial charge < -0.3 is 19.3 Å². The Bertz CT molecular complexity index is 865. The van der Waals surface area contributed by atoms with Crippen LogP contribution >= 0.6 is 0 Å². The zero-order chi connectivity index (χ0) is 21.5. The van der Waals surface area contributed by atoms with E-state index in [1.54, 1.807) is 23.4 Å². The molecule has 0 atom stereocenters. The Hall–Kier alpha value is -3.16. The second-order valence-corrected chi connectivity index (χ2v) is 7.56. The van der Waals surface area contributed by atoms with Crippen LogP contribution in [0, 0.1) is 6.92 Å². The molecule has 1 fully saturated rings. The van der Waals surface area contributed by atoms with Crippen LogP contribution in [0.3, 0.4) is 0 Å². The maximum absolute atomic E-state index is 12.4. The number of hydrogen-bond donors (Lipinski definition) is 0. The van der Waals surface area contributed by atoms with Crippen LogP contribution < -0.4 is 9.64 Å². The van der Waals surface area contributed by atoms with E-state index in [1.807, 2.05) is 30.0 Å². The van der Waals surface area contributed by atoms with E-state index >= 15 is 0 Å². The summed E-state index contributed by atoms with van der Waals surface area (Å²) in [5, 5.41) is 0. The second kappa shape index (κ2) is 10.0. The van der Waals surface area contributed by atoms with Gasteiger partial charge in [-0.05, 0) is 36.1 Å². The van der Waals surface area contributed by atoms with Gasteiger partial charge in [-0.1, -0.05) is 26.0 Å². The molecule has 0 saturated carbocycles. The summed E-state index contributed by atoms with van der Waals surface area (Å²) in [6.45, 7) is 7.94. The molecule has 0 N–H and O–H groups in total. The normalized spacial score (nSPS) is 14.0. The average Bonchev–Trinajstić information content (AvgIpc) is 2.76. The van der Waals surface area contributed by atoms with E-state index in [0.717, 1.165) is 11.1 Å². The highest BCUT2D eigenvalue weighted by Gasteiger charge is 2.23. The first-order valence-electron chi connectivity index (χ1n) is 10.1. The van der Waals surface area contributed by atoms with Gasteiger partial charge in [0.25, 0.3) is 5.91 Å². The van der Waals surface area contributed by atoms with Crippen molar-refractivity contribution in [2.24, 2.45) is 0 Å². The Kier molecular flexibility index (Phi) is 7.21. The first-order valence-corrected chi connectivity index (χ1v) is 10.1. The molecule has 2 aromatic rings. The fourth-order valence-corrected chi connectivity index (χ4v) is 3.27. The highest BCUT2D eigenvalue weighted by molar-refractivity contribution is 5.81. The van der Waals surface area contributed by atoms with E-state index in [2.05, 4.69) is 23.8 Å². The number of carbonyl (C=O) groups is 2. The van der Waals surface area contributed by atoms with E-state index in [9.17, 15) is 9.59 Å². The van der Waals surface area contributed by atoms with Crippen LogP contribution in [0.15, 0.2) is 36.7 Å². The van der Waals surface area contributed by atoms with Crippen molar-refractivity contribution >= 4 is 17.8 Å². The summed E-state index contributed by atoms with van der Waals surface area (Å²) in [4.78, 5) is 36.6. The van der Waals surface area contributed by atoms with Gasteiger partial charge in [-0.15, -0.1) is 0 Å². The molecule has 160 valence electrons. The summed E-state index contributed by atoms with van der Waals surface area (Å²) >= 11 is 0. The second-order valence-electron chi connectivity index (χ2n) is 7.56. The zero-order valence-electron chi connectivity index (χ0n) is 17.7. The molecule has 2 heterocycles. The summed E-state index contributed by atoms with van der Waals surface area (Å²) in [6.07, 6.45) is 3.39. The predicted octanol–water partition coefficient (Wildman–Crippen LogP) is 2.18. The van der Waals surface area contributed by atoms with Gasteiger partial charge in [0, 0.05) is 38.6 Å². The number of benzene rings is 1. The van der Waals surface area contributed by atoms with E-state index < -0.39 is 5.97 Å². The van der Waals surface area contributed by atoms with Crippen molar-refractivity contribution < 1.29 is 19.1 Å². The molecule has 1 aromatic heterocycles. The lowest BCUT2D eigenvalue weighted by molar-refractivity contribution is -0.153. The number of anilines is 1. The quantitative estimate of drug-likeness (QED) is 0.645.